The molecule has 0 saturated heterocycles. The second kappa shape index (κ2) is 3.84. The molecule has 0 aliphatic carbocycles. The van der Waals surface area contributed by atoms with E-state index in [-0.39, 0.29) is 5.56 Å². The van der Waals surface area contributed by atoms with Crippen molar-refractivity contribution in [3.8, 4) is 0 Å². The van der Waals surface area contributed by atoms with E-state index in [0.29, 0.717) is 0 Å². The third-order valence-corrected chi connectivity index (χ3v) is 1.94. The van der Waals surface area contributed by atoms with Gasteiger partial charge in [0.1, 0.15) is 11.6 Å². The van der Waals surface area contributed by atoms with Gasteiger partial charge >= 0.3 is 0 Å². The number of rotatable bonds is 2. The van der Waals surface area contributed by atoms with E-state index in [1.807, 2.05) is 0 Å². The Kier molecular flexibility index (Phi) is 2.96. The summed E-state index contributed by atoms with van der Waals surface area (Å²) < 4.78 is 26.5. The Balaban J connectivity index is 3.33. The quantitative estimate of drug-likeness (QED) is 0.738. The van der Waals surface area contributed by atoms with Crippen LogP contribution in [0.1, 0.15) is 22.8 Å². The molecule has 1 rings (SSSR count). The number of carbonyl (C=O) groups is 1. The number of hydrogen-bond acceptors (Lipinski definition) is 2. The van der Waals surface area contributed by atoms with Crippen LogP contribution in [-0.4, -0.2) is 11.8 Å². The first-order chi connectivity index (χ1) is 6.45. The number of ketones is 1. The Labute approximate surface area is 80.7 Å². The average Bonchev–Trinajstić information content (AvgIpc) is 2.12. The molecule has 1 aromatic rings. The summed E-state index contributed by atoms with van der Waals surface area (Å²) in [5.74, 6) is -2.41. The van der Waals surface area contributed by atoms with E-state index in [0.717, 1.165) is 6.07 Å². The first-order valence-corrected chi connectivity index (χ1v) is 4.19. The molecular formula is C10H11F2NO. The molecule has 0 aliphatic rings. The number of nitrogens with two attached hydrogens (primary N) is 1. The van der Waals surface area contributed by atoms with Crippen LogP contribution in [0.2, 0.25) is 0 Å². The van der Waals surface area contributed by atoms with Crippen LogP contribution in [-0.2, 0) is 0 Å². The van der Waals surface area contributed by atoms with Gasteiger partial charge in [0.05, 0.1) is 11.6 Å². The molecule has 0 amide bonds. The van der Waals surface area contributed by atoms with E-state index in [1.54, 1.807) is 0 Å². The Morgan fingerprint density at radius 3 is 2.50 bits per heavy atom. The lowest BCUT2D eigenvalue weighted by atomic mass is 10.0. The minimum atomic E-state index is -0.902. The maximum atomic E-state index is 13.4. The van der Waals surface area contributed by atoms with Gasteiger partial charge in [0.25, 0.3) is 0 Å². The molecule has 0 heterocycles. The molecule has 0 aromatic heterocycles. The highest BCUT2D eigenvalue weighted by Crippen LogP contribution is 2.17. The predicted molar refractivity (Wildman–Crippen MR) is 49.1 cm³/mol. The monoisotopic (exact) mass is 199 g/mol. The van der Waals surface area contributed by atoms with E-state index in [2.05, 4.69) is 0 Å². The topological polar surface area (TPSA) is 43.1 Å². The first kappa shape index (κ1) is 10.8. The molecule has 1 atom stereocenters. The normalized spacial score (nSPS) is 12.6. The fourth-order valence-electron chi connectivity index (χ4n) is 1.11. The standard InChI is InChI=1S/C10H11F2NO/c1-5-3-4-7(11)8(9(5)12)10(14)6(2)13/h3-4,6H,13H2,1-2H3. The molecule has 14 heavy (non-hydrogen) atoms. The van der Waals surface area contributed by atoms with Crippen molar-refractivity contribution in [3.63, 3.8) is 0 Å². The molecule has 1 unspecified atom stereocenters. The summed E-state index contributed by atoms with van der Waals surface area (Å²) in [5, 5.41) is 0. The lowest BCUT2D eigenvalue weighted by Crippen LogP contribution is -2.28. The number of carbonyl (C=O) groups excluding carboxylic acids is 1. The van der Waals surface area contributed by atoms with Gasteiger partial charge in [-0.2, -0.15) is 0 Å². The lowest BCUT2D eigenvalue weighted by molar-refractivity contribution is 0.0959. The molecule has 0 bridgehead atoms. The SMILES string of the molecule is Cc1ccc(F)c(C(=O)C(C)N)c1F. The second-order valence-electron chi connectivity index (χ2n) is 3.21. The number of hydrogen-bond donors (Lipinski definition) is 1. The zero-order valence-electron chi connectivity index (χ0n) is 7.97. The average molecular weight is 199 g/mol. The van der Waals surface area contributed by atoms with Crippen molar-refractivity contribution in [2.75, 3.05) is 0 Å². The first-order valence-electron chi connectivity index (χ1n) is 4.19. The van der Waals surface area contributed by atoms with Gasteiger partial charge in [0, 0.05) is 0 Å². The van der Waals surface area contributed by atoms with Crippen molar-refractivity contribution in [2.45, 2.75) is 19.9 Å². The fourth-order valence-corrected chi connectivity index (χ4v) is 1.11. The highest BCUT2D eigenvalue weighted by atomic mass is 19.1. The highest BCUT2D eigenvalue weighted by molar-refractivity contribution is 6.00. The van der Waals surface area contributed by atoms with Crippen LogP contribution in [0.15, 0.2) is 12.1 Å². The Morgan fingerprint density at radius 1 is 1.43 bits per heavy atom. The van der Waals surface area contributed by atoms with Gasteiger partial charge in [-0.3, -0.25) is 4.79 Å². The highest BCUT2D eigenvalue weighted by Gasteiger charge is 2.21. The molecule has 2 N–H and O–H groups in total. The third-order valence-electron chi connectivity index (χ3n) is 1.94. The van der Waals surface area contributed by atoms with Gasteiger partial charge in [0.2, 0.25) is 0 Å². The maximum absolute atomic E-state index is 13.4. The molecule has 76 valence electrons. The van der Waals surface area contributed by atoms with Gasteiger partial charge < -0.3 is 5.73 Å². The third kappa shape index (κ3) is 1.80. The Morgan fingerprint density at radius 2 is 2.00 bits per heavy atom. The fraction of sp³-hybridized carbons (Fsp3) is 0.300. The molecular weight excluding hydrogens is 188 g/mol. The Bertz CT molecular complexity index is 375. The van der Waals surface area contributed by atoms with Crippen LogP contribution in [0, 0.1) is 18.6 Å². The molecule has 1 aromatic carbocycles. The molecule has 4 heteroatoms. The smallest absolute Gasteiger partial charge is 0.185 e. The number of benzene rings is 1. The van der Waals surface area contributed by atoms with Crippen molar-refractivity contribution in [2.24, 2.45) is 5.73 Å². The molecule has 0 aliphatic heterocycles. The minimum Gasteiger partial charge on any atom is -0.321 e. The molecule has 0 radical (unpaired) electrons. The van der Waals surface area contributed by atoms with Crippen LogP contribution in [0.4, 0.5) is 8.78 Å². The zero-order valence-corrected chi connectivity index (χ0v) is 7.97. The van der Waals surface area contributed by atoms with Crippen LogP contribution in [0.5, 0.6) is 0 Å². The second-order valence-corrected chi connectivity index (χ2v) is 3.21. The predicted octanol–water partition coefficient (Wildman–Crippen LogP) is 1.80. The van der Waals surface area contributed by atoms with Crippen LogP contribution in [0.3, 0.4) is 0 Å². The number of halogens is 2. The van der Waals surface area contributed by atoms with Gasteiger partial charge in [-0.1, -0.05) is 6.07 Å². The molecule has 0 fully saturated rings. The van der Waals surface area contributed by atoms with Gasteiger partial charge in [0.15, 0.2) is 5.78 Å². The molecule has 0 saturated carbocycles. The van der Waals surface area contributed by atoms with Gasteiger partial charge in [-0.05, 0) is 25.5 Å². The summed E-state index contributed by atoms with van der Waals surface area (Å²) in [7, 11) is 0. The van der Waals surface area contributed by atoms with Crippen molar-refractivity contribution in [1.29, 1.82) is 0 Å². The zero-order chi connectivity index (χ0) is 10.9. The van der Waals surface area contributed by atoms with E-state index >= 15 is 0 Å². The molecule has 2 nitrogen and oxygen atoms in total. The summed E-state index contributed by atoms with van der Waals surface area (Å²) in [6.45, 7) is 2.86. The van der Waals surface area contributed by atoms with Gasteiger partial charge in [-0.25, -0.2) is 8.78 Å². The van der Waals surface area contributed by atoms with Gasteiger partial charge in [-0.15, -0.1) is 0 Å². The summed E-state index contributed by atoms with van der Waals surface area (Å²) in [5.41, 5.74) is 4.96. The minimum absolute atomic E-state index is 0.232. The van der Waals surface area contributed by atoms with E-state index in [1.165, 1.54) is 19.9 Å². The lowest BCUT2D eigenvalue weighted by Gasteiger charge is -2.08. The number of aryl methyl sites for hydroxylation is 1. The van der Waals surface area contributed by atoms with Crippen molar-refractivity contribution >= 4 is 5.78 Å². The summed E-state index contributed by atoms with van der Waals surface area (Å²) in [6.07, 6.45) is 0. The van der Waals surface area contributed by atoms with Crippen LogP contribution >= 0.6 is 0 Å². The van der Waals surface area contributed by atoms with Crippen LogP contribution in [0.25, 0.3) is 0 Å². The number of Topliss-reactive ketones (excluding diaryl/α,β-unsaturated/α-hetero) is 1. The van der Waals surface area contributed by atoms with E-state index in [9.17, 15) is 13.6 Å². The van der Waals surface area contributed by atoms with Crippen LogP contribution < -0.4 is 5.73 Å². The van der Waals surface area contributed by atoms with Crippen molar-refractivity contribution in [3.05, 3.63) is 34.9 Å². The Hall–Kier alpha value is -1.29. The van der Waals surface area contributed by atoms with Crippen molar-refractivity contribution in [1.82, 2.24) is 0 Å². The largest absolute Gasteiger partial charge is 0.321 e. The van der Waals surface area contributed by atoms with E-state index in [4.69, 9.17) is 5.73 Å². The molecule has 0 spiro atoms. The summed E-state index contributed by atoms with van der Waals surface area (Å²) in [6, 6.07) is 1.44. The summed E-state index contributed by atoms with van der Waals surface area (Å²) in [4.78, 5) is 11.3. The summed E-state index contributed by atoms with van der Waals surface area (Å²) >= 11 is 0. The maximum Gasteiger partial charge on any atom is 0.185 e. The van der Waals surface area contributed by atoms with E-state index < -0.39 is 29.0 Å². The van der Waals surface area contributed by atoms with Crippen molar-refractivity contribution < 1.29 is 13.6 Å².